The van der Waals surface area contributed by atoms with Crippen molar-refractivity contribution in [3.05, 3.63) is 51.1 Å². The van der Waals surface area contributed by atoms with Crippen molar-refractivity contribution < 1.29 is 14.1 Å². The molecule has 0 saturated carbocycles. The van der Waals surface area contributed by atoms with Crippen LogP contribution in [-0.2, 0) is 17.8 Å². The van der Waals surface area contributed by atoms with E-state index in [-0.39, 0.29) is 18.0 Å². The van der Waals surface area contributed by atoms with Crippen LogP contribution >= 0.6 is 0 Å². The van der Waals surface area contributed by atoms with Gasteiger partial charge in [-0.1, -0.05) is 13.8 Å². The molecule has 0 radical (unpaired) electrons. The molecule has 1 N–H and O–H groups in total. The Hall–Kier alpha value is -2.77. The van der Waals surface area contributed by atoms with Crippen molar-refractivity contribution in [3.63, 3.8) is 0 Å². The summed E-state index contributed by atoms with van der Waals surface area (Å²) in [4.78, 5) is 22.1. The van der Waals surface area contributed by atoms with E-state index in [9.17, 15) is 19.3 Å². The average molecular weight is 362 g/mol. The van der Waals surface area contributed by atoms with E-state index in [0.29, 0.717) is 12.3 Å². The molecule has 0 unspecified atom stereocenters. The molecule has 0 bridgehead atoms. The van der Waals surface area contributed by atoms with Crippen LogP contribution in [0.4, 0.5) is 15.8 Å². The fourth-order valence-electron chi connectivity index (χ4n) is 2.81. The lowest BCUT2D eigenvalue weighted by Crippen LogP contribution is -2.13. The van der Waals surface area contributed by atoms with Gasteiger partial charge in [-0.25, -0.2) is 0 Å². The van der Waals surface area contributed by atoms with Gasteiger partial charge in [-0.3, -0.25) is 19.6 Å². The molecule has 0 aliphatic carbocycles. The number of hydrogen-bond acceptors (Lipinski definition) is 4. The Morgan fingerprint density at radius 1 is 1.38 bits per heavy atom. The van der Waals surface area contributed by atoms with Gasteiger partial charge in [0.25, 0.3) is 0 Å². The molecule has 2 rings (SSSR count). The number of aromatic nitrogens is 2. The molecule has 1 amide bonds. The molecule has 1 heterocycles. The number of nitro groups is 1. The first kappa shape index (κ1) is 19.6. The lowest BCUT2D eigenvalue weighted by molar-refractivity contribution is -0.387. The maximum atomic E-state index is 13.3. The standard InChI is InChI=1S/C18H23FN4O3/c1-11(2)10-22-13(4)15(12(3)21-22)6-8-18(24)20-14-5-7-16(19)17(9-14)23(25)26/h5,7,9,11H,6,8,10H2,1-4H3,(H,20,24). The molecular weight excluding hydrogens is 339 g/mol. The Morgan fingerprint density at radius 2 is 2.08 bits per heavy atom. The molecule has 0 saturated heterocycles. The molecule has 0 aliphatic rings. The van der Waals surface area contributed by atoms with E-state index in [1.807, 2.05) is 18.5 Å². The molecule has 1 aromatic heterocycles. The largest absolute Gasteiger partial charge is 0.326 e. The van der Waals surface area contributed by atoms with E-state index in [4.69, 9.17) is 0 Å². The third-order valence-corrected chi connectivity index (χ3v) is 4.10. The Labute approximate surface area is 151 Å². The van der Waals surface area contributed by atoms with Crippen LogP contribution in [0.3, 0.4) is 0 Å². The number of carbonyl (C=O) groups is 1. The molecule has 8 heteroatoms. The van der Waals surface area contributed by atoms with Gasteiger partial charge < -0.3 is 5.32 Å². The zero-order chi connectivity index (χ0) is 19.4. The highest BCUT2D eigenvalue weighted by molar-refractivity contribution is 5.91. The van der Waals surface area contributed by atoms with Gasteiger partial charge in [-0.2, -0.15) is 9.49 Å². The van der Waals surface area contributed by atoms with Gasteiger partial charge in [-0.15, -0.1) is 0 Å². The summed E-state index contributed by atoms with van der Waals surface area (Å²) < 4.78 is 15.3. The number of hydrogen-bond donors (Lipinski definition) is 1. The number of nitrogens with one attached hydrogen (secondary N) is 1. The maximum Gasteiger partial charge on any atom is 0.306 e. The van der Waals surface area contributed by atoms with Crippen molar-refractivity contribution in [1.82, 2.24) is 9.78 Å². The maximum absolute atomic E-state index is 13.3. The normalized spacial score (nSPS) is 11.0. The molecule has 0 aliphatic heterocycles. The first-order valence-electron chi connectivity index (χ1n) is 8.45. The number of amides is 1. The van der Waals surface area contributed by atoms with Crippen LogP contribution in [0.25, 0.3) is 0 Å². The van der Waals surface area contributed by atoms with Crippen LogP contribution in [0.1, 0.15) is 37.2 Å². The van der Waals surface area contributed by atoms with Gasteiger partial charge in [0.2, 0.25) is 11.7 Å². The number of carbonyl (C=O) groups excluding carboxylic acids is 1. The number of aryl methyl sites for hydroxylation is 1. The molecule has 1 aromatic carbocycles. The predicted molar refractivity (Wildman–Crippen MR) is 96.5 cm³/mol. The molecule has 2 aromatic rings. The van der Waals surface area contributed by atoms with Gasteiger partial charge in [0.15, 0.2) is 0 Å². The van der Waals surface area contributed by atoms with Gasteiger partial charge >= 0.3 is 5.69 Å². The third-order valence-electron chi connectivity index (χ3n) is 4.10. The summed E-state index contributed by atoms with van der Waals surface area (Å²) in [7, 11) is 0. The summed E-state index contributed by atoms with van der Waals surface area (Å²) >= 11 is 0. The minimum atomic E-state index is -0.934. The molecule has 0 fully saturated rings. The van der Waals surface area contributed by atoms with E-state index in [1.54, 1.807) is 0 Å². The Morgan fingerprint density at radius 3 is 2.69 bits per heavy atom. The second kappa shape index (κ2) is 8.07. The Balaban J connectivity index is 2.03. The van der Waals surface area contributed by atoms with Gasteiger partial charge in [0.05, 0.1) is 10.6 Å². The van der Waals surface area contributed by atoms with Gasteiger partial charge in [0, 0.05) is 30.4 Å². The van der Waals surface area contributed by atoms with Crippen LogP contribution in [0.2, 0.25) is 0 Å². The number of nitro benzene ring substituents is 1. The summed E-state index contributed by atoms with van der Waals surface area (Å²) in [5, 5.41) is 17.9. The van der Waals surface area contributed by atoms with Crippen LogP contribution in [0.15, 0.2) is 18.2 Å². The lowest BCUT2D eigenvalue weighted by Gasteiger charge is -2.08. The van der Waals surface area contributed by atoms with Crippen molar-refractivity contribution in [2.24, 2.45) is 5.92 Å². The second-order valence-electron chi connectivity index (χ2n) is 6.70. The quantitative estimate of drug-likeness (QED) is 0.599. The summed E-state index contributed by atoms with van der Waals surface area (Å²) in [5.74, 6) is -0.753. The van der Waals surface area contributed by atoms with Crippen LogP contribution in [0.5, 0.6) is 0 Å². The summed E-state index contributed by atoms with van der Waals surface area (Å²) in [5.41, 5.74) is 2.51. The molecular formula is C18H23FN4O3. The second-order valence-corrected chi connectivity index (χ2v) is 6.70. The summed E-state index contributed by atoms with van der Waals surface area (Å²) in [6.07, 6.45) is 0.727. The number of anilines is 1. The molecule has 7 nitrogen and oxygen atoms in total. The number of benzene rings is 1. The average Bonchev–Trinajstić information content (AvgIpc) is 2.80. The monoisotopic (exact) mass is 362 g/mol. The van der Waals surface area contributed by atoms with Crippen molar-refractivity contribution >= 4 is 17.3 Å². The topological polar surface area (TPSA) is 90.1 Å². The van der Waals surface area contributed by atoms with Crippen molar-refractivity contribution in [2.75, 3.05) is 5.32 Å². The Bertz CT molecular complexity index is 830. The van der Waals surface area contributed by atoms with E-state index in [2.05, 4.69) is 24.3 Å². The molecule has 26 heavy (non-hydrogen) atoms. The number of rotatable bonds is 7. The smallest absolute Gasteiger partial charge is 0.306 e. The molecule has 0 atom stereocenters. The third kappa shape index (κ3) is 4.65. The highest BCUT2D eigenvalue weighted by atomic mass is 19.1. The highest BCUT2D eigenvalue weighted by Crippen LogP contribution is 2.22. The fraction of sp³-hybridized carbons (Fsp3) is 0.444. The van der Waals surface area contributed by atoms with Crippen LogP contribution in [0, 0.1) is 35.7 Å². The fourth-order valence-corrected chi connectivity index (χ4v) is 2.81. The predicted octanol–water partition coefficient (Wildman–Crippen LogP) is 3.77. The molecule has 0 spiro atoms. The van der Waals surface area contributed by atoms with Crippen molar-refractivity contribution in [3.8, 4) is 0 Å². The van der Waals surface area contributed by atoms with Gasteiger partial charge in [-0.05, 0) is 43.9 Å². The minimum Gasteiger partial charge on any atom is -0.326 e. The minimum absolute atomic E-state index is 0.201. The highest BCUT2D eigenvalue weighted by Gasteiger charge is 2.17. The van der Waals surface area contributed by atoms with E-state index in [1.165, 1.54) is 6.07 Å². The van der Waals surface area contributed by atoms with Crippen LogP contribution in [-0.4, -0.2) is 20.6 Å². The number of nitrogens with zero attached hydrogens (tertiary/aromatic N) is 3. The Kier molecular flexibility index (Phi) is 6.07. The summed E-state index contributed by atoms with van der Waals surface area (Å²) in [6, 6.07) is 3.29. The van der Waals surface area contributed by atoms with E-state index >= 15 is 0 Å². The van der Waals surface area contributed by atoms with Crippen molar-refractivity contribution in [2.45, 2.75) is 47.1 Å². The first-order valence-corrected chi connectivity index (χ1v) is 8.45. The SMILES string of the molecule is Cc1nn(CC(C)C)c(C)c1CCC(=O)Nc1ccc(F)c([N+](=O)[O-])c1. The summed E-state index contributed by atoms with van der Waals surface area (Å²) in [6.45, 7) is 8.95. The zero-order valence-corrected chi connectivity index (χ0v) is 15.4. The number of halogens is 1. The zero-order valence-electron chi connectivity index (χ0n) is 15.4. The van der Waals surface area contributed by atoms with Crippen LogP contribution < -0.4 is 5.32 Å². The van der Waals surface area contributed by atoms with E-state index in [0.717, 1.165) is 35.6 Å². The lowest BCUT2D eigenvalue weighted by atomic mass is 10.1. The van der Waals surface area contributed by atoms with E-state index < -0.39 is 16.4 Å². The molecule has 140 valence electrons. The van der Waals surface area contributed by atoms with Crippen molar-refractivity contribution in [1.29, 1.82) is 0 Å². The first-order chi connectivity index (χ1) is 12.2. The van der Waals surface area contributed by atoms with Gasteiger partial charge in [0.1, 0.15) is 0 Å².